The third-order valence-corrected chi connectivity index (χ3v) is 1.36. The molecule has 0 aliphatic carbocycles. The van der Waals surface area contributed by atoms with E-state index < -0.39 is 0 Å². The van der Waals surface area contributed by atoms with Crippen LogP contribution in [0.2, 0.25) is 0 Å². The molecule has 0 aromatic rings. The summed E-state index contributed by atoms with van der Waals surface area (Å²) in [5.74, 6) is -0.168. The number of allylic oxidation sites excluding steroid dienone is 3. The lowest BCUT2D eigenvalue weighted by molar-refractivity contribution is -0.140. The second-order valence-corrected chi connectivity index (χ2v) is 2.27. The van der Waals surface area contributed by atoms with E-state index in [9.17, 15) is 4.79 Å². The highest BCUT2D eigenvalue weighted by Gasteiger charge is 1.95. The summed E-state index contributed by atoms with van der Waals surface area (Å²) in [7, 11) is 1.40. The SMILES string of the molecule is C=CC(C)=CCCC(=O)OC. The molecular weight excluding hydrogens is 140 g/mol. The summed E-state index contributed by atoms with van der Waals surface area (Å²) in [5.41, 5.74) is 1.09. The molecule has 2 nitrogen and oxygen atoms in total. The molecule has 11 heavy (non-hydrogen) atoms. The van der Waals surface area contributed by atoms with Gasteiger partial charge in [-0.1, -0.05) is 24.3 Å². The van der Waals surface area contributed by atoms with E-state index in [-0.39, 0.29) is 5.97 Å². The zero-order valence-electron chi connectivity index (χ0n) is 7.09. The van der Waals surface area contributed by atoms with E-state index in [1.807, 2.05) is 13.0 Å². The molecule has 0 rings (SSSR count). The molecule has 0 spiro atoms. The van der Waals surface area contributed by atoms with E-state index in [1.165, 1.54) is 7.11 Å². The minimum absolute atomic E-state index is 0.168. The number of carbonyl (C=O) groups is 1. The molecule has 0 unspecified atom stereocenters. The van der Waals surface area contributed by atoms with Gasteiger partial charge in [0.1, 0.15) is 0 Å². The molecule has 0 aromatic carbocycles. The maximum Gasteiger partial charge on any atom is 0.305 e. The normalized spacial score (nSPS) is 10.9. The standard InChI is InChI=1S/C9H14O2/c1-4-8(2)6-5-7-9(10)11-3/h4,6H,1,5,7H2,2-3H3. The number of hydrogen-bond acceptors (Lipinski definition) is 2. The van der Waals surface area contributed by atoms with Gasteiger partial charge in [0.25, 0.3) is 0 Å². The van der Waals surface area contributed by atoms with Crippen LogP contribution >= 0.6 is 0 Å². The molecule has 0 aliphatic rings. The quantitative estimate of drug-likeness (QED) is 0.457. The second-order valence-electron chi connectivity index (χ2n) is 2.27. The fraction of sp³-hybridized carbons (Fsp3) is 0.444. The lowest BCUT2D eigenvalue weighted by Crippen LogP contribution is -1.98. The molecule has 0 heterocycles. The summed E-state index contributed by atoms with van der Waals surface area (Å²) >= 11 is 0. The van der Waals surface area contributed by atoms with Crippen molar-refractivity contribution in [2.75, 3.05) is 7.11 Å². The molecule has 0 atom stereocenters. The molecule has 0 saturated heterocycles. The average molecular weight is 154 g/mol. The molecule has 0 bridgehead atoms. The highest BCUT2D eigenvalue weighted by atomic mass is 16.5. The van der Waals surface area contributed by atoms with Gasteiger partial charge >= 0.3 is 5.97 Å². The van der Waals surface area contributed by atoms with Gasteiger partial charge in [-0.05, 0) is 13.3 Å². The third kappa shape index (κ3) is 5.40. The Morgan fingerprint density at radius 1 is 1.64 bits per heavy atom. The van der Waals surface area contributed by atoms with Crippen molar-refractivity contribution in [1.29, 1.82) is 0 Å². The molecule has 0 N–H and O–H groups in total. The Morgan fingerprint density at radius 2 is 2.27 bits per heavy atom. The van der Waals surface area contributed by atoms with E-state index in [0.717, 1.165) is 12.0 Å². The van der Waals surface area contributed by atoms with Crippen LogP contribution in [-0.2, 0) is 9.53 Å². The molecule has 0 amide bonds. The van der Waals surface area contributed by atoms with Crippen molar-refractivity contribution >= 4 is 5.97 Å². The molecule has 0 radical (unpaired) electrons. The first-order valence-corrected chi connectivity index (χ1v) is 3.56. The highest BCUT2D eigenvalue weighted by Crippen LogP contribution is 1.99. The van der Waals surface area contributed by atoms with Crippen LogP contribution in [-0.4, -0.2) is 13.1 Å². The van der Waals surface area contributed by atoms with Gasteiger partial charge in [0.05, 0.1) is 7.11 Å². The fourth-order valence-electron chi connectivity index (χ4n) is 0.603. The van der Waals surface area contributed by atoms with Gasteiger partial charge in [-0.15, -0.1) is 0 Å². The third-order valence-electron chi connectivity index (χ3n) is 1.36. The van der Waals surface area contributed by atoms with Gasteiger partial charge in [0.2, 0.25) is 0 Å². The van der Waals surface area contributed by atoms with Crippen molar-refractivity contribution in [2.24, 2.45) is 0 Å². The van der Waals surface area contributed by atoms with Gasteiger partial charge in [0, 0.05) is 6.42 Å². The van der Waals surface area contributed by atoms with Gasteiger partial charge in [0.15, 0.2) is 0 Å². The highest BCUT2D eigenvalue weighted by molar-refractivity contribution is 5.69. The molecule has 62 valence electrons. The Morgan fingerprint density at radius 3 is 2.73 bits per heavy atom. The molecule has 2 heteroatoms. The van der Waals surface area contributed by atoms with E-state index in [1.54, 1.807) is 6.08 Å². The van der Waals surface area contributed by atoms with Crippen molar-refractivity contribution in [2.45, 2.75) is 19.8 Å². The van der Waals surface area contributed by atoms with Crippen LogP contribution in [0.1, 0.15) is 19.8 Å². The van der Waals surface area contributed by atoms with Gasteiger partial charge in [-0.3, -0.25) is 4.79 Å². The number of rotatable bonds is 4. The number of hydrogen-bond donors (Lipinski definition) is 0. The topological polar surface area (TPSA) is 26.3 Å². The first-order chi connectivity index (χ1) is 5.20. The summed E-state index contributed by atoms with van der Waals surface area (Å²) in [5, 5.41) is 0. The number of carbonyl (C=O) groups excluding carboxylic acids is 1. The lowest BCUT2D eigenvalue weighted by Gasteiger charge is -1.94. The smallest absolute Gasteiger partial charge is 0.305 e. The van der Waals surface area contributed by atoms with Crippen molar-refractivity contribution in [3.8, 4) is 0 Å². The first kappa shape index (κ1) is 9.95. The van der Waals surface area contributed by atoms with Crippen molar-refractivity contribution < 1.29 is 9.53 Å². The fourth-order valence-corrected chi connectivity index (χ4v) is 0.603. The Labute approximate surface area is 67.6 Å². The molecular formula is C9H14O2. The molecule has 0 fully saturated rings. The monoisotopic (exact) mass is 154 g/mol. The van der Waals surface area contributed by atoms with E-state index in [4.69, 9.17) is 0 Å². The van der Waals surface area contributed by atoms with Gasteiger partial charge in [-0.2, -0.15) is 0 Å². The average Bonchev–Trinajstić information content (AvgIpc) is 2.04. The van der Waals surface area contributed by atoms with E-state index in [2.05, 4.69) is 11.3 Å². The number of esters is 1. The Bertz CT molecular complexity index is 168. The summed E-state index contributed by atoms with van der Waals surface area (Å²) in [4.78, 5) is 10.6. The van der Waals surface area contributed by atoms with Crippen molar-refractivity contribution in [1.82, 2.24) is 0 Å². The predicted octanol–water partition coefficient (Wildman–Crippen LogP) is 2.07. The molecule has 0 aromatic heterocycles. The summed E-state index contributed by atoms with van der Waals surface area (Å²) in [6, 6.07) is 0. The van der Waals surface area contributed by atoms with Gasteiger partial charge < -0.3 is 4.74 Å². The minimum atomic E-state index is -0.168. The van der Waals surface area contributed by atoms with Crippen molar-refractivity contribution in [3.63, 3.8) is 0 Å². The summed E-state index contributed by atoms with van der Waals surface area (Å²) in [6.45, 7) is 5.54. The Hall–Kier alpha value is -1.05. The van der Waals surface area contributed by atoms with E-state index in [0.29, 0.717) is 6.42 Å². The molecule has 0 saturated carbocycles. The zero-order valence-corrected chi connectivity index (χ0v) is 7.09. The van der Waals surface area contributed by atoms with Crippen LogP contribution in [0.4, 0.5) is 0 Å². The Balaban J connectivity index is 3.56. The van der Waals surface area contributed by atoms with Crippen LogP contribution < -0.4 is 0 Å². The van der Waals surface area contributed by atoms with Crippen LogP contribution in [0.25, 0.3) is 0 Å². The summed E-state index contributed by atoms with van der Waals surface area (Å²) < 4.78 is 4.47. The Kier molecular flexibility index (Phi) is 5.17. The number of methoxy groups -OCH3 is 1. The first-order valence-electron chi connectivity index (χ1n) is 3.56. The summed E-state index contributed by atoms with van der Waals surface area (Å²) in [6.07, 6.45) is 4.90. The van der Waals surface area contributed by atoms with Crippen LogP contribution in [0, 0.1) is 0 Å². The maximum absolute atomic E-state index is 10.6. The van der Waals surface area contributed by atoms with Crippen LogP contribution in [0.5, 0.6) is 0 Å². The van der Waals surface area contributed by atoms with Crippen LogP contribution in [0.3, 0.4) is 0 Å². The van der Waals surface area contributed by atoms with Crippen molar-refractivity contribution in [3.05, 3.63) is 24.3 Å². The largest absolute Gasteiger partial charge is 0.469 e. The second kappa shape index (κ2) is 5.71. The maximum atomic E-state index is 10.6. The zero-order chi connectivity index (χ0) is 8.69. The van der Waals surface area contributed by atoms with E-state index >= 15 is 0 Å². The van der Waals surface area contributed by atoms with Gasteiger partial charge in [-0.25, -0.2) is 0 Å². The molecule has 0 aliphatic heterocycles. The lowest BCUT2D eigenvalue weighted by atomic mass is 10.2. The minimum Gasteiger partial charge on any atom is -0.469 e. The van der Waals surface area contributed by atoms with Crippen LogP contribution in [0.15, 0.2) is 24.3 Å². The predicted molar refractivity (Wildman–Crippen MR) is 45.2 cm³/mol. The number of ether oxygens (including phenoxy) is 1.